The number of hydrogen-bond acceptors (Lipinski definition) is 4. The molecule has 3 atom stereocenters. The lowest BCUT2D eigenvalue weighted by molar-refractivity contribution is 0.0884. The summed E-state index contributed by atoms with van der Waals surface area (Å²) in [7, 11) is 0. The summed E-state index contributed by atoms with van der Waals surface area (Å²) in [6, 6.07) is 1.13. The highest BCUT2D eigenvalue weighted by atomic mass is 16.3. The predicted octanol–water partition coefficient (Wildman–Crippen LogP) is 0.830. The van der Waals surface area contributed by atoms with Crippen LogP contribution in [-0.4, -0.2) is 60.0 Å². The first-order chi connectivity index (χ1) is 8.71. The fourth-order valence-corrected chi connectivity index (χ4v) is 2.78. The SMILES string of the molecule is CCC(C)N1CC(CCO)CC(NCCCO)C1. The van der Waals surface area contributed by atoms with Crippen molar-refractivity contribution in [3.05, 3.63) is 0 Å². The second-order valence-corrected chi connectivity index (χ2v) is 5.55. The van der Waals surface area contributed by atoms with Gasteiger partial charge in [-0.05, 0) is 45.1 Å². The molecule has 3 unspecified atom stereocenters. The Morgan fingerprint density at radius 2 is 2.06 bits per heavy atom. The largest absolute Gasteiger partial charge is 0.396 e. The molecular formula is C14H30N2O2. The van der Waals surface area contributed by atoms with Gasteiger partial charge in [-0.3, -0.25) is 4.90 Å². The summed E-state index contributed by atoms with van der Waals surface area (Å²) < 4.78 is 0. The molecule has 108 valence electrons. The van der Waals surface area contributed by atoms with Crippen LogP contribution in [0.1, 0.15) is 39.5 Å². The zero-order valence-electron chi connectivity index (χ0n) is 11.9. The standard InChI is InChI=1S/C14H30N2O2/c1-3-12(2)16-10-13(5-8-18)9-14(11-16)15-6-4-7-17/h12-15,17-18H,3-11H2,1-2H3. The number of hydrogen-bond donors (Lipinski definition) is 3. The van der Waals surface area contributed by atoms with Crippen molar-refractivity contribution in [3.8, 4) is 0 Å². The van der Waals surface area contributed by atoms with E-state index >= 15 is 0 Å². The Balaban J connectivity index is 2.45. The summed E-state index contributed by atoms with van der Waals surface area (Å²) in [4.78, 5) is 2.54. The number of nitrogens with one attached hydrogen (secondary N) is 1. The summed E-state index contributed by atoms with van der Waals surface area (Å²) in [5.41, 5.74) is 0. The number of piperidine rings is 1. The molecule has 0 bridgehead atoms. The van der Waals surface area contributed by atoms with Crippen molar-refractivity contribution in [1.29, 1.82) is 0 Å². The lowest BCUT2D eigenvalue weighted by Crippen LogP contribution is -2.52. The van der Waals surface area contributed by atoms with Crippen LogP contribution in [0.25, 0.3) is 0 Å². The summed E-state index contributed by atoms with van der Waals surface area (Å²) in [5.74, 6) is 0.601. The molecule has 1 heterocycles. The second kappa shape index (κ2) is 8.86. The smallest absolute Gasteiger partial charge is 0.0443 e. The maximum atomic E-state index is 9.13. The summed E-state index contributed by atoms with van der Waals surface area (Å²) in [5, 5.41) is 21.5. The van der Waals surface area contributed by atoms with E-state index in [-0.39, 0.29) is 6.61 Å². The third-order valence-electron chi connectivity index (χ3n) is 4.08. The van der Waals surface area contributed by atoms with E-state index in [4.69, 9.17) is 10.2 Å². The van der Waals surface area contributed by atoms with Crippen molar-refractivity contribution >= 4 is 0 Å². The molecule has 0 aromatic heterocycles. The van der Waals surface area contributed by atoms with E-state index < -0.39 is 0 Å². The van der Waals surface area contributed by atoms with Crippen molar-refractivity contribution in [2.45, 2.75) is 51.6 Å². The molecule has 1 aliphatic heterocycles. The first-order valence-electron chi connectivity index (χ1n) is 7.40. The number of nitrogens with zero attached hydrogens (tertiary/aromatic N) is 1. The van der Waals surface area contributed by atoms with E-state index in [9.17, 15) is 0 Å². The number of aliphatic hydroxyl groups excluding tert-OH is 2. The molecule has 4 heteroatoms. The van der Waals surface area contributed by atoms with Crippen LogP contribution in [-0.2, 0) is 0 Å². The number of likely N-dealkylation sites (tertiary alicyclic amines) is 1. The van der Waals surface area contributed by atoms with Gasteiger partial charge in [-0.25, -0.2) is 0 Å². The Bertz CT molecular complexity index is 214. The Labute approximate surface area is 111 Å². The van der Waals surface area contributed by atoms with Gasteiger partial charge in [0.15, 0.2) is 0 Å². The highest BCUT2D eigenvalue weighted by molar-refractivity contribution is 4.85. The van der Waals surface area contributed by atoms with Crippen LogP contribution in [0.4, 0.5) is 0 Å². The molecule has 1 rings (SSSR count). The van der Waals surface area contributed by atoms with Crippen LogP contribution < -0.4 is 5.32 Å². The number of aliphatic hydroxyl groups is 2. The molecule has 0 radical (unpaired) electrons. The maximum absolute atomic E-state index is 9.13. The van der Waals surface area contributed by atoms with E-state index in [1.54, 1.807) is 0 Å². The van der Waals surface area contributed by atoms with Gasteiger partial charge in [-0.2, -0.15) is 0 Å². The molecule has 1 fully saturated rings. The van der Waals surface area contributed by atoms with Crippen LogP contribution in [0.3, 0.4) is 0 Å². The Hall–Kier alpha value is -0.160. The quantitative estimate of drug-likeness (QED) is 0.565. The van der Waals surface area contributed by atoms with Gasteiger partial charge >= 0.3 is 0 Å². The van der Waals surface area contributed by atoms with E-state index in [0.29, 0.717) is 24.6 Å². The topological polar surface area (TPSA) is 55.7 Å². The molecule has 0 saturated carbocycles. The highest BCUT2D eigenvalue weighted by Gasteiger charge is 2.28. The summed E-state index contributed by atoms with van der Waals surface area (Å²) in [6.45, 7) is 8.18. The molecule has 4 nitrogen and oxygen atoms in total. The molecule has 1 saturated heterocycles. The fourth-order valence-electron chi connectivity index (χ4n) is 2.78. The van der Waals surface area contributed by atoms with Crippen molar-refractivity contribution < 1.29 is 10.2 Å². The fraction of sp³-hybridized carbons (Fsp3) is 1.00. The lowest BCUT2D eigenvalue weighted by Gasteiger charge is -2.41. The van der Waals surface area contributed by atoms with Gasteiger partial charge in [0.05, 0.1) is 0 Å². The van der Waals surface area contributed by atoms with Crippen LogP contribution in [0.2, 0.25) is 0 Å². The Morgan fingerprint density at radius 3 is 2.67 bits per heavy atom. The minimum atomic E-state index is 0.259. The van der Waals surface area contributed by atoms with E-state index in [1.165, 1.54) is 6.42 Å². The van der Waals surface area contributed by atoms with Crippen LogP contribution >= 0.6 is 0 Å². The minimum Gasteiger partial charge on any atom is -0.396 e. The van der Waals surface area contributed by atoms with E-state index in [1.807, 2.05) is 0 Å². The average molecular weight is 258 g/mol. The highest BCUT2D eigenvalue weighted by Crippen LogP contribution is 2.22. The molecule has 0 aromatic rings. The number of rotatable bonds is 8. The first-order valence-corrected chi connectivity index (χ1v) is 7.40. The van der Waals surface area contributed by atoms with Gasteiger partial charge in [-0.1, -0.05) is 6.92 Å². The van der Waals surface area contributed by atoms with Gasteiger partial charge in [-0.15, -0.1) is 0 Å². The molecule has 3 N–H and O–H groups in total. The Kier molecular flexibility index (Phi) is 7.82. The summed E-state index contributed by atoms with van der Waals surface area (Å²) >= 11 is 0. The van der Waals surface area contributed by atoms with Crippen LogP contribution in [0.15, 0.2) is 0 Å². The van der Waals surface area contributed by atoms with Gasteiger partial charge in [0, 0.05) is 38.4 Å². The van der Waals surface area contributed by atoms with E-state index in [2.05, 4.69) is 24.1 Å². The van der Waals surface area contributed by atoms with Gasteiger partial charge in [0.2, 0.25) is 0 Å². The minimum absolute atomic E-state index is 0.259. The molecule has 18 heavy (non-hydrogen) atoms. The van der Waals surface area contributed by atoms with Crippen LogP contribution in [0, 0.1) is 5.92 Å². The molecule has 1 aliphatic rings. The van der Waals surface area contributed by atoms with Crippen molar-refractivity contribution in [1.82, 2.24) is 10.2 Å². The summed E-state index contributed by atoms with van der Waals surface area (Å²) in [6.07, 6.45) is 4.06. The zero-order valence-corrected chi connectivity index (χ0v) is 11.9. The van der Waals surface area contributed by atoms with E-state index in [0.717, 1.165) is 38.9 Å². The van der Waals surface area contributed by atoms with Crippen molar-refractivity contribution in [2.75, 3.05) is 32.8 Å². The van der Waals surface area contributed by atoms with Gasteiger partial charge in [0.1, 0.15) is 0 Å². The lowest BCUT2D eigenvalue weighted by atomic mass is 9.90. The maximum Gasteiger partial charge on any atom is 0.0443 e. The zero-order chi connectivity index (χ0) is 13.4. The van der Waals surface area contributed by atoms with Gasteiger partial charge < -0.3 is 15.5 Å². The third kappa shape index (κ3) is 5.22. The van der Waals surface area contributed by atoms with Gasteiger partial charge in [0.25, 0.3) is 0 Å². The monoisotopic (exact) mass is 258 g/mol. The third-order valence-corrected chi connectivity index (χ3v) is 4.08. The second-order valence-electron chi connectivity index (χ2n) is 5.55. The normalized spacial score (nSPS) is 27.3. The Morgan fingerprint density at radius 1 is 1.28 bits per heavy atom. The molecular weight excluding hydrogens is 228 g/mol. The molecule has 0 spiro atoms. The average Bonchev–Trinajstić information content (AvgIpc) is 2.38. The first kappa shape index (κ1) is 15.9. The molecule has 0 aromatic carbocycles. The van der Waals surface area contributed by atoms with Crippen molar-refractivity contribution in [2.24, 2.45) is 5.92 Å². The van der Waals surface area contributed by atoms with Crippen LogP contribution in [0.5, 0.6) is 0 Å². The predicted molar refractivity (Wildman–Crippen MR) is 74.6 cm³/mol. The van der Waals surface area contributed by atoms with Crippen molar-refractivity contribution in [3.63, 3.8) is 0 Å². The molecule has 0 amide bonds. The molecule has 0 aliphatic carbocycles.